The first-order valence-corrected chi connectivity index (χ1v) is 10.7. The van der Waals surface area contributed by atoms with Crippen LogP contribution >= 0.6 is 11.8 Å². The second kappa shape index (κ2) is 7.98. The number of piperazine rings is 1. The van der Waals surface area contributed by atoms with Gasteiger partial charge in [-0.1, -0.05) is 60.9 Å². The molecule has 2 aliphatic rings. The molecule has 3 amide bonds. The molecule has 4 rings (SSSR count). The van der Waals surface area contributed by atoms with E-state index in [4.69, 9.17) is 0 Å². The smallest absolute Gasteiger partial charge is 0.252 e. The summed E-state index contributed by atoms with van der Waals surface area (Å²) in [5.74, 6) is -0.290. The molecule has 1 aromatic heterocycles. The van der Waals surface area contributed by atoms with Crippen LogP contribution in [0, 0.1) is 6.92 Å². The number of aromatic amines is 1. The molecule has 9 heteroatoms. The molecule has 0 atom stereocenters. The van der Waals surface area contributed by atoms with Crippen LogP contribution in [0.5, 0.6) is 0 Å². The van der Waals surface area contributed by atoms with Crippen molar-refractivity contribution >= 4 is 29.5 Å². The Kier molecular flexibility index (Phi) is 5.40. The van der Waals surface area contributed by atoms with Crippen LogP contribution in [-0.4, -0.2) is 55.6 Å². The van der Waals surface area contributed by atoms with E-state index in [9.17, 15) is 14.4 Å². The molecule has 0 unspecified atom stereocenters. The zero-order valence-corrected chi connectivity index (χ0v) is 17.1. The van der Waals surface area contributed by atoms with Gasteiger partial charge in [-0.05, 0) is 19.8 Å². The third kappa shape index (κ3) is 3.91. The van der Waals surface area contributed by atoms with Crippen molar-refractivity contribution in [3.05, 3.63) is 29.8 Å². The minimum absolute atomic E-state index is 0.0757. The number of nitrogens with zero attached hydrogens (tertiary/aromatic N) is 3. The van der Waals surface area contributed by atoms with Crippen molar-refractivity contribution < 1.29 is 14.4 Å². The van der Waals surface area contributed by atoms with Crippen molar-refractivity contribution in [3.63, 3.8) is 0 Å². The lowest BCUT2D eigenvalue weighted by atomic mass is 9.78. The monoisotopic (exact) mass is 413 g/mol. The molecule has 0 bridgehead atoms. The lowest BCUT2D eigenvalue weighted by molar-refractivity contribution is -0.158. The zero-order valence-electron chi connectivity index (χ0n) is 16.2. The number of hydrogen-bond donors (Lipinski definition) is 2. The molecular formula is C20H23N5O3S. The first-order chi connectivity index (χ1) is 14.0. The van der Waals surface area contributed by atoms with Gasteiger partial charge < -0.3 is 4.90 Å². The molecule has 2 fully saturated rings. The summed E-state index contributed by atoms with van der Waals surface area (Å²) in [5, 5.41) is 9.94. The summed E-state index contributed by atoms with van der Waals surface area (Å²) in [4.78, 5) is 43.4. The predicted molar refractivity (Wildman–Crippen MR) is 108 cm³/mol. The van der Waals surface area contributed by atoms with Gasteiger partial charge in [0.1, 0.15) is 12.1 Å². The van der Waals surface area contributed by atoms with Gasteiger partial charge >= 0.3 is 0 Å². The highest BCUT2D eigenvalue weighted by Crippen LogP contribution is 2.36. The summed E-state index contributed by atoms with van der Waals surface area (Å²) < 4.78 is 0. The third-order valence-electron chi connectivity index (χ3n) is 5.59. The van der Waals surface area contributed by atoms with Crippen molar-refractivity contribution in [1.29, 1.82) is 0 Å². The predicted octanol–water partition coefficient (Wildman–Crippen LogP) is 2.06. The van der Waals surface area contributed by atoms with Gasteiger partial charge in [0.05, 0.1) is 5.75 Å². The summed E-state index contributed by atoms with van der Waals surface area (Å²) in [6.07, 6.45) is 3.99. The molecule has 2 N–H and O–H groups in total. The molecule has 2 heterocycles. The Hall–Kier alpha value is -2.68. The zero-order chi connectivity index (χ0) is 20.4. The van der Waals surface area contributed by atoms with Gasteiger partial charge in [-0.2, -0.15) is 0 Å². The maximum Gasteiger partial charge on any atom is 0.252 e. The molecule has 1 aliphatic carbocycles. The Balaban J connectivity index is 1.45. The average Bonchev–Trinajstić information content (AvgIpc) is 3.19. The maximum absolute atomic E-state index is 13.0. The summed E-state index contributed by atoms with van der Waals surface area (Å²) in [5.41, 5.74) is 1.18. The highest BCUT2D eigenvalue weighted by atomic mass is 32.2. The number of aromatic nitrogens is 3. The molecule has 1 saturated carbocycles. The van der Waals surface area contributed by atoms with E-state index in [1.807, 2.05) is 31.2 Å². The van der Waals surface area contributed by atoms with Crippen LogP contribution in [0.15, 0.2) is 29.4 Å². The Morgan fingerprint density at radius 2 is 1.90 bits per heavy atom. The standard InChI is InChI=1S/C20H23N5O3S/c1-13-5-7-14(8-6-13)17-22-19(24-23-17)29-12-16(27)25-11-15(26)21-18(28)20(25)9-3-2-4-10-20/h5-8H,2-4,9-12H2,1H3,(H,21,26,28)(H,22,23,24). The Morgan fingerprint density at radius 1 is 1.17 bits per heavy atom. The third-order valence-corrected chi connectivity index (χ3v) is 6.42. The normalized spacial score (nSPS) is 18.7. The van der Waals surface area contributed by atoms with E-state index in [2.05, 4.69) is 20.5 Å². The van der Waals surface area contributed by atoms with Crippen LogP contribution in [-0.2, 0) is 14.4 Å². The van der Waals surface area contributed by atoms with Crippen molar-refractivity contribution in [2.75, 3.05) is 12.3 Å². The fourth-order valence-corrected chi connectivity index (χ4v) is 4.69. The van der Waals surface area contributed by atoms with Crippen LogP contribution < -0.4 is 5.32 Å². The minimum Gasteiger partial charge on any atom is -0.318 e. The van der Waals surface area contributed by atoms with Crippen LogP contribution in [0.3, 0.4) is 0 Å². The second-order valence-corrected chi connectivity index (χ2v) is 8.51. The molecule has 1 saturated heterocycles. The summed E-state index contributed by atoms with van der Waals surface area (Å²) in [6, 6.07) is 7.91. The first-order valence-electron chi connectivity index (χ1n) is 9.75. The Bertz CT molecular complexity index is 934. The van der Waals surface area contributed by atoms with E-state index in [-0.39, 0.29) is 24.1 Å². The molecule has 1 spiro atoms. The number of nitrogens with one attached hydrogen (secondary N) is 2. The minimum atomic E-state index is -0.893. The fraction of sp³-hybridized carbons (Fsp3) is 0.450. The number of rotatable bonds is 4. The lowest BCUT2D eigenvalue weighted by Crippen LogP contribution is -2.69. The fourth-order valence-electron chi connectivity index (χ4n) is 4.02. The van der Waals surface area contributed by atoms with Crippen LogP contribution in [0.4, 0.5) is 0 Å². The number of carbonyl (C=O) groups excluding carboxylic acids is 3. The lowest BCUT2D eigenvalue weighted by Gasteiger charge is -2.47. The van der Waals surface area contributed by atoms with E-state index in [0.717, 1.165) is 30.4 Å². The van der Waals surface area contributed by atoms with Gasteiger partial charge in [-0.15, -0.1) is 5.10 Å². The molecule has 1 aromatic carbocycles. The number of imide groups is 1. The highest BCUT2D eigenvalue weighted by Gasteiger charge is 2.50. The van der Waals surface area contributed by atoms with E-state index in [1.165, 1.54) is 16.7 Å². The van der Waals surface area contributed by atoms with Gasteiger partial charge in [0.25, 0.3) is 5.91 Å². The summed E-state index contributed by atoms with van der Waals surface area (Å²) in [6.45, 7) is 1.94. The van der Waals surface area contributed by atoms with Crippen molar-refractivity contribution in [2.45, 2.75) is 49.7 Å². The van der Waals surface area contributed by atoms with E-state index >= 15 is 0 Å². The van der Waals surface area contributed by atoms with E-state index in [1.54, 1.807) is 0 Å². The Labute approximate surface area is 172 Å². The Morgan fingerprint density at radius 3 is 2.62 bits per heavy atom. The largest absolute Gasteiger partial charge is 0.318 e. The van der Waals surface area contributed by atoms with Gasteiger partial charge in [0, 0.05) is 5.56 Å². The van der Waals surface area contributed by atoms with Gasteiger partial charge in [-0.25, -0.2) is 4.98 Å². The number of carbonyl (C=O) groups is 3. The molecule has 152 valence electrons. The van der Waals surface area contributed by atoms with E-state index < -0.39 is 11.4 Å². The molecule has 2 aromatic rings. The van der Waals surface area contributed by atoms with E-state index in [0.29, 0.717) is 23.8 Å². The summed E-state index contributed by atoms with van der Waals surface area (Å²) >= 11 is 1.20. The van der Waals surface area contributed by atoms with Gasteiger partial charge in [-0.3, -0.25) is 24.8 Å². The topological polar surface area (TPSA) is 108 Å². The summed E-state index contributed by atoms with van der Waals surface area (Å²) in [7, 11) is 0. The maximum atomic E-state index is 13.0. The van der Waals surface area contributed by atoms with Crippen molar-refractivity contribution in [3.8, 4) is 11.4 Å². The number of amides is 3. The van der Waals surface area contributed by atoms with Crippen LogP contribution in [0.25, 0.3) is 11.4 Å². The second-order valence-electron chi connectivity index (χ2n) is 7.57. The average molecular weight is 414 g/mol. The quantitative estimate of drug-likeness (QED) is 0.587. The van der Waals surface area contributed by atoms with Crippen LogP contribution in [0.2, 0.25) is 0 Å². The van der Waals surface area contributed by atoms with Crippen molar-refractivity contribution in [1.82, 2.24) is 25.4 Å². The van der Waals surface area contributed by atoms with Gasteiger partial charge in [0.2, 0.25) is 17.0 Å². The number of H-pyrrole nitrogens is 1. The molecule has 29 heavy (non-hydrogen) atoms. The first kappa shape index (κ1) is 19.6. The number of aryl methyl sites for hydroxylation is 1. The highest BCUT2D eigenvalue weighted by molar-refractivity contribution is 7.99. The number of hydrogen-bond acceptors (Lipinski definition) is 6. The molecule has 0 radical (unpaired) electrons. The molecular weight excluding hydrogens is 390 g/mol. The number of benzene rings is 1. The molecule has 1 aliphatic heterocycles. The van der Waals surface area contributed by atoms with Gasteiger partial charge in [0.15, 0.2) is 5.82 Å². The molecule has 8 nitrogen and oxygen atoms in total. The van der Waals surface area contributed by atoms with Crippen LogP contribution in [0.1, 0.15) is 37.7 Å². The van der Waals surface area contributed by atoms with Crippen molar-refractivity contribution in [2.24, 2.45) is 0 Å². The number of thioether (sulfide) groups is 1. The SMILES string of the molecule is Cc1ccc(-c2nc(SCC(=O)N3CC(=O)NC(=O)C34CCCCC4)n[nH]2)cc1.